The number of nitrogens with zero attached hydrogens (tertiary/aromatic N) is 1. The fraction of sp³-hybridized carbons (Fsp3) is 0.538. The van der Waals surface area contributed by atoms with Gasteiger partial charge in [0.05, 0.1) is 23.9 Å². The van der Waals surface area contributed by atoms with E-state index in [-0.39, 0.29) is 19.0 Å². The van der Waals surface area contributed by atoms with Crippen LogP contribution in [-0.4, -0.2) is 50.7 Å². The fourth-order valence-electron chi connectivity index (χ4n) is 1.86. The van der Waals surface area contributed by atoms with Crippen LogP contribution >= 0.6 is 0 Å². The maximum absolute atomic E-state index is 11.9. The molecule has 1 aromatic rings. The summed E-state index contributed by atoms with van der Waals surface area (Å²) in [4.78, 5) is 2.11. The van der Waals surface area contributed by atoms with E-state index in [1.54, 1.807) is 29.2 Å². The Morgan fingerprint density at radius 2 is 1.58 bits per heavy atom. The Balaban J connectivity index is 2.91. The van der Waals surface area contributed by atoms with E-state index in [9.17, 15) is 8.42 Å². The Morgan fingerprint density at radius 1 is 1.05 bits per heavy atom. The molecule has 0 aliphatic heterocycles. The van der Waals surface area contributed by atoms with Crippen LogP contribution in [0.15, 0.2) is 29.2 Å². The van der Waals surface area contributed by atoms with Crippen molar-refractivity contribution in [2.24, 2.45) is 0 Å². The SMILES string of the molecule is CCCS(=O)(=O)c1ccc(N(CCO)CCO)cc1. The van der Waals surface area contributed by atoms with Crippen LogP contribution in [0.1, 0.15) is 13.3 Å². The monoisotopic (exact) mass is 287 g/mol. The van der Waals surface area contributed by atoms with Crippen molar-refractivity contribution >= 4 is 15.5 Å². The normalized spacial score (nSPS) is 11.5. The van der Waals surface area contributed by atoms with E-state index in [1.807, 2.05) is 6.92 Å². The highest BCUT2D eigenvalue weighted by atomic mass is 32.2. The third-order valence-corrected chi connectivity index (χ3v) is 4.71. The molecule has 0 unspecified atom stereocenters. The summed E-state index contributed by atoms with van der Waals surface area (Å²) >= 11 is 0. The minimum atomic E-state index is -3.19. The van der Waals surface area contributed by atoms with Crippen molar-refractivity contribution in [3.63, 3.8) is 0 Å². The first-order valence-corrected chi connectivity index (χ1v) is 8.00. The second-order valence-corrected chi connectivity index (χ2v) is 6.36. The van der Waals surface area contributed by atoms with E-state index in [2.05, 4.69) is 0 Å². The maximum atomic E-state index is 11.9. The van der Waals surface area contributed by atoms with E-state index in [0.29, 0.717) is 24.4 Å². The van der Waals surface area contributed by atoms with Crippen molar-refractivity contribution in [3.05, 3.63) is 24.3 Å². The van der Waals surface area contributed by atoms with Crippen LogP contribution < -0.4 is 4.90 Å². The van der Waals surface area contributed by atoms with Gasteiger partial charge in [0.1, 0.15) is 0 Å². The summed E-state index contributed by atoms with van der Waals surface area (Å²) in [5.41, 5.74) is 0.790. The number of rotatable bonds is 8. The van der Waals surface area contributed by atoms with Crippen molar-refractivity contribution < 1.29 is 18.6 Å². The molecule has 0 aliphatic rings. The van der Waals surface area contributed by atoms with Gasteiger partial charge >= 0.3 is 0 Å². The summed E-state index contributed by atoms with van der Waals surface area (Å²) in [5.74, 6) is 0.142. The molecule has 0 amide bonds. The van der Waals surface area contributed by atoms with E-state index in [0.717, 1.165) is 5.69 Å². The highest BCUT2D eigenvalue weighted by molar-refractivity contribution is 7.91. The molecule has 5 nitrogen and oxygen atoms in total. The summed E-state index contributed by atoms with van der Waals surface area (Å²) in [6.45, 7) is 2.60. The largest absolute Gasteiger partial charge is 0.395 e. The predicted octanol–water partition coefficient (Wildman–Crippen LogP) is 0.661. The van der Waals surface area contributed by atoms with Crippen LogP contribution in [0.3, 0.4) is 0 Å². The molecule has 0 heterocycles. The quantitative estimate of drug-likeness (QED) is 0.734. The molecule has 2 N–H and O–H groups in total. The third kappa shape index (κ3) is 4.49. The molecule has 0 saturated carbocycles. The van der Waals surface area contributed by atoms with E-state index < -0.39 is 9.84 Å². The predicted molar refractivity (Wildman–Crippen MR) is 75.2 cm³/mol. The van der Waals surface area contributed by atoms with Gasteiger partial charge < -0.3 is 15.1 Å². The minimum Gasteiger partial charge on any atom is -0.395 e. The van der Waals surface area contributed by atoms with Gasteiger partial charge in [0.25, 0.3) is 0 Å². The Bertz CT molecular complexity index is 464. The van der Waals surface area contributed by atoms with Crippen LogP contribution in [0.5, 0.6) is 0 Å². The van der Waals surface area contributed by atoms with Crippen molar-refractivity contribution in [1.82, 2.24) is 0 Å². The van der Waals surface area contributed by atoms with Gasteiger partial charge in [-0.2, -0.15) is 0 Å². The highest BCUT2D eigenvalue weighted by Gasteiger charge is 2.13. The minimum absolute atomic E-state index is 0.0180. The lowest BCUT2D eigenvalue weighted by Gasteiger charge is -2.23. The van der Waals surface area contributed by atoms with Gasteiger partial charge in [0.15, 0.2) is 9.84 Å². The summed E-state index contributed by atoms with van der Waals surface area (Å²) in [5, 5.41) is 17.9. The highest BCUT2D eigenvalue weighted by Crippen LogP contribution is 2.19. The van der Waals surface area contributed by atoms with Crippen LogP contribution in [0.4, 0.5) is 5.69 Å². The van der Waals surface area contributed by atoms with Crippen LogP contribution in [0.25, 0.3) is 0 Å². The van der Waals surface area contributed by atoms with Gasteiger partial charge in [-0.1, -0.05) is 6.92 Å². The second kappa shape index (κ2) is 7.47. The zero-order valence-electron chi connectivity index (χ0n) is 11.1. The summed E-state index contributed by atoms with van der Waals surface area (Å²) < 4.78 is 23.7. The fourth-order valence-corrected chi connectivity index (χ4v) is 3.19. The van der Waals surface area contributed by atoms with Crippen LogP contribution in [0.2, 0.25) is 0 Å². The number of anilines is 1. The molecular weight excluding hydrogens is 266 g/mol. The smallest absolute Gasteiger partial charge is 0.178 e. The molecule has 0 radical (unpaired) electrons. The lowest BCUT2D eigenvalue weighted by atomic mass is 10.3. The molecular formula is C13H21NO4S. The lowest BCUT2D eigenvalue weighted by molar-refractivity contribution is 0.281. The van der Waals surface area contributed by atoms with Crippen LogP contribution in [-0.2, 0) is 9.84 Å². The topological polar surface area (TPSA) is 77.8 Å². The van der Waals surface area contributed by atoms with E-state index in [4.69, 9.17) is 10.2 Å². The Morgan fingerprint density at radius 3 is 2.00 bits per heavy atom. The first-order valence-electron chi connectivity index (χ1n) is 6.34. The van der Waals surface area contributed by atoms with Gasteiger partial charge in [-0.25, -0.2) is 8.42 Å². The number of hydrogen-bond acceptors (Lipinski definition) is 5. The molecule has 19 heavy (non-hydrogen) atoms. The number of sulfone groups is 1. The molecule has 0 aliphatic carbocycles. The zero-order valence-corrected chi connectivity index (χ0v) is 11.9. The molecule has 0 aromatic heterocycles. The van der Waals surface area contributed by atoms with Gasteiger partial charge in [-0.05, 0) is 30.7 Å². The molecule has 0 saturated heterocycles. The molecule has 0 atom stereocenters. The number of aliphatic hydroxyl groups excluding tert-OH is 2. The Hall–Kier alpha value is -1.11. The first-order chi connectivity index (χ1) is 9.05. The van der Waals surface area contributed by atoms with Crippen molar-refractivity contribution in [1.29, 1.82) is 0 Å². The van der Waals surface area contributed by atoms with Gasteiger partial charge in [-0.15, -0.1) is 0 Å². The Kier molecular flexibility index (Phi) is 6.27. The Labute approximate surface area is 114 Å². The lowest BCUT2D eigenvalue weighted by Crippen LogP contribution is -2.29. The van der Waals surface area contributed by atoms with E-state index in [1.165, 1.54) is 0 Å². The van der Waals surface area contributed by atoms with Gasteiger partial charge in [0, 0.05) is 18.8 Å². The van der Waals surface area contributed by atoms with Gasteiger partial charge in [0.2, 0.25) is 0 Å². The second-order valence-electron chi connectivity index (χ2n) is 4.25. The molecule has 1 aromatic carbocycles. The maximum Gasteiger partial charge on any atom is 0.178 e. The third-order valence-electron chi connectivity index (χ3n) is 2.77. The zero-order chi connectivity index (χ0) is 14.3. The van der Waals surface area contributed by atoms with E-state index >= 15 is 0 Å². The standard InChI is InChI=1S/C13H21NO4S/c1-2-11-19(17,18)13-5-3-12(4-6-13)14(7-9-15)8-10-16/h3-6,15-16H,2,7-11H2,1H3. The summed E-state index contributed by atoms with van der Waals surface area (Å²) in [7, 11) is -3.19. The molecule has 0 spiro atoms. The van der Waals surface area contributed by atoms with Crippen molar-refractivity contribution in [2.45, 2.75) is 18.2 Å². The summed E-state index contributed by atoms with van der Waals surface area (Å²) in [6.07, 6.45) is 0.589. The number of aliphatic hydroxyl groups is 2. The first kappa shape index (κ1) is 15.9. The average molecular weight is 287 g/mol. The molecule has 108 valence electrons. The summed E-state index contributed by atoms with van der Waals surface area (Å²) in [6, 6.07) is 6.55. The van der Waals surface area contributed by atoms with Gasteiger partial charge in [-0.3, -0.25) is 0 Å². The number of benzene rings is 1. The molecule has 0 bridgehead atoms. The molecule has 1 rings (SSSR count). The molecule has 0 fully saturated rings. The van der Waals surface area contributed by atoms with Crippen molar-refractivity contribution in [2.75, 3.05) is 37.0 Å². The van der Waals surface area contributed by atoms with Crippen molar-refractivity contribution in [3.8, 4) is 0 Å². The average Bonchev–Trinajstić information content (AvgIpc) is 2.39. The van der Waals surface area contributed by atoms with Crippen LogP contribution in [0, 0.1) is 0 Å². The molecule has 6 heteroatoms. The number of hydrogen-bond donors (Lipinski definition) is 2.